The molecule has 1 fully saturated rings. The molecule has 2 aromatic carbocycles. The zero-order valence-electron chi connectivity index (χ0n) is 20.6. The Kier molecular flexibility index (Phi) is 8.10. The fourth-order valence-electron chi connectivity index (χ4n) is 4.30. The molecule has 188 valence electrons. The molecule has 3 aromatic rings. The van der Waals surface area contributed by atoms with Crippen molar-refractivity contribution in [1.29, 1.82) is 0 Å². The summed E-state index contributed by atoms with van der Waals surface area (Å²) in [5, 5.41) is 11.2. The van der Waals surface area contributed by atoms with Crippen molar-refractivity contribution < 1.29 is 28.6 Å². The summed E-state index contributed by atoms with van der Waals surface area (Å²) in [5.41, 5.74) is 1.44. The van der Waals surface area contributed by atoms with Crippen molar-refractivity contribution in [3.8, 4) is 11.5 Å². The maximum atomic E-state index is 13.1. The molecule has 4 rings (SSSR count). The van der Waals surface area contributed by atoms with Crippen molar-refractivity contribution in [3.05, 3.63) is 89.4 Å². The highest BCUT2D eigenvalue weighted by molar-refractivity contribution is 6.46. The van der Waals surface area contributed by atoms with E-state index in [2.05, 4.69) is 6.92 Å². The van der Waals surface area contributed by atoms with E-state index < -0.39 is 17.7 Å². The topological polar surface area (TPSA) is 89.2 Å². The lowest BCUT2D eigenvalue weighted by atomic mass is 9.99. The van der Waals surface area contributed by atoms with E-state index in [1.165, 1.54) is 11.2 Å². The molecular weight excluding hydrogens is 458 g/mol. The molecule has 7 nitrogen and oxygen atoms in total. The van der Waals surface area contributed by atoms with Gasteiger partial charge in [-0.05, 0) is 66.9 Å². The third kappa shape index (κ3) is 5.46. The minimum atomic E-state index is -0.816. The monoisotopic (exact) mass is 489 g/mol. The predicted octanol–water partition coefficient (Wildman–Crippen LogP) is 5.52. The van der Waals surface area contributed by atoms with Gasteiger partial charge in [-0.25, -0.2) is 0 Å². The van der Waals surface area contributed by atoms with Crippen LogP contribution in [0.15, 0.2) is 76.9 Å². The van der Waals surface area contributed by atoms with Crippen LogP contribution in [-0.2, 0) is 16.0 Å². The van der Waals surface area contributed by atoms with Gasteiger partial charge in [-0.15, -0.1) is 0 Å². The third-order valence-electron chi connectivity index (χ3n) is 6.30. The zero-order valence-corrected chi connectivity index (χ0v) is 20.6. The molecular formula is C29H31NO6. The lowest BCUT2D eigenvalue weighted by Gasteiger charge is -2.23. The molecule has 0 saturated carbocycles. The van der Waals surface area contributed by atoms with Gasteiger partial charge in [0.05, 0.1) is 25.6 Å². The molecule has 0 spiro atoms. The third-order valence-corrected chi connectivity index (χ3v) is 6.30. The molecule has 1 amide bonds. The molecule has 0 radical (unpaired) electrons. The van der Waals surface area contributed by atoms with Crippen LogP contribution in [0.2, 0.25) is 0 Å². The highest BCUT2D eigenvalue weighted by Crippen LogP contribution is 2.39. The summed E-state index contributed by atoms with van der Waals surface area (Å²) in [7, 11) is 1.60. The van der Waals surface area contributed by atoms with E-state index in [4.69, 9.17) is 13.9 Å². The maximum absolute atomic E-state index is 13.1. The van der Waals surface area contributed by atoms with E-state index in [9.17, 15) is 14.7 Å². The van der Waals surface area contributed by atoms with Crippen LogP contribution < -0.4 is 9.47 Å². The van der Waals surface area contributed by atoms with Crippen LogP contribution in [0.5, 0.6) is 11.5 Å². The van der Waals surface area contributed by atoms with Crippen LogP contribution in [0.25, 0.3) is 5.76 Å². The number of ether oxygens (including phenoxy) is 2. The summed E-state index contributed by atoms with van der Waals surface area (Å²) in [6.07, 6.45) is 5.21. The number of aliphatic hydroxyl groups excluding tert-OH is 1. The van der Waals surface area contributed by atoms with Gasteiger partial charge in [-0.2, -0.15) is 0 Å². The van der Waals surface area contributed by atoms with Gasteiger partial charge >= 0.3 is 0 Å². The lowest BCUT2D eigenvalue weighted by Crippen LogP contribution is -2.31. The van der Waals surface area contributed by atoms with Gasteiger partial charge < -0.3 is 23.9 Å². The molecule has 1 aromatic heterocycles. The minimum Gasteiger partial charge on any atom is -0.507 e. The summed E-state index contributed by atoms with van der Waals surface area (Å²) >= 11 is 0. The number of nitrogens with zero attached hydrogens (tertiary/aromatic N) is 1. The number of hydrogen-bond donors (Lipinski definition) is 1. The summed E-state index contributed by atoms with van der Waals surface area (Å²) in [6, 6.07) is 17.0. The maximum Gasteiger partial charge on any atom is 0.295 e. The number of benzene rings is 2. The number of furan rings is 1. The van der Waals surface area contributed by atoms with Gasteiger partial charge in [-0.1, -0.05) is 31.9 Å². The number of rotatable bonds is 11. The number of hydrogen-bond acceptors (Lipinski definition) is 6. The van der Waals surface area contributed by atoms with Gasteiger partial charge in [0, 0.05) is 12.1 Å². The Bertz CT molecular complexity index is 1200. The fraction of sp³-hybridized carbons (Fsp3) is 0.310. The fourth-order valence-corrected chi connectivity index (χ4v) is 4.30. The quantitative estimate of drug-likeness (QED) is 0.165. The second-order valence-electron chi connectivity index (χ2n) is 8.69. The number of unbranched alkanes of at least 4 members (excludes halogenated alkanes) is 2. The highest BCUT2D eigenvalue weighted by atomic mass is 16.5. The average molecular weight is 490 g/mol. The van der Waals surface area contributed by atoms with Crippen LogP contribution in [-0.4, -0.2) is 42.0 Å². The molecule has 2 heterocycles. The van der Waals surface area contributed by atoms with Gasteiger partial charge in [0.25, 0.3) is 11.7 Å². The number of carbonyl (C=O) groups excluding carboxylic acids is 2. The number of amides is 1. The van der Waals surface area contributed by atoms with Crippen LogP contribution in [0.1, 0.15) is 49.1 Å². The summed E-state index contributed by atoms with van der Waals surface area (Å²) < 4.78 is 16.5. The molecule has 7 heteroatoms. The first-order valence-corrected chi connectivity index (χ1v) is 12.2. The molecule has 1 saturated heterocycles. The van der Waals surface area contributed by atoms with Crippen molar-refractivity contribution in [1.82, 2.24) is 4.90 Å². The van der Waals surface area contributed by atoms with Crippen molar-refractivity contribution in [2.24, 2.45) is 0 Å². The Hall–Kier alpha value is -4.00. The first kappa shape index (κ1) is 25.1. The van der Waals surface area contributed by atoms with Crippen LogP contribution in [0.3, 0.4) is 0 Å². The van der Waals surface area contributed by atoms with E-state index in [-0.39, 0.29) is 17.9 Å². The van der Waals surface area contributed by atoms with Crippen LogP contribution in [0, 0.1) is 0 Å². The number of aliphatic hydroxyl groups is 1. The van der Waals surface area contributed by atoms with Crippen molar-refractivity contribution in [3.63, 3.8) is 0 Å². The number of likely N-dealkylation sites (tertiary alicyclic amines) is 1. The Morgan fingerprint density at radius 1 is 1.00 bits per heavy atom. The zero-order chi connectivity index (χ0) is 25.5. The SMILES string of the molecule is CCCCCOc1ccc(/C(O)=C2/C(=O)C(=O)N(CCc3ccc(OC)cc3)C2c2ccco2)cc1. The highest BCUT2D eigenvalue weighted by Gasteiger charge is 2.47. The second kappa shape index (κ2) is 11.6. The Morgan fingerprint density at radius 3 is 2.36 bits per heavy atom. The molecule has 1 N–H and O–H groups in total. The van der Waals surface area contributed by atoms with Gasteiger partial charge in [0.1, 0.15) is 29.1 Å². The van der Waals surface area contributed by atoms with Gasteiger partial charge in [-0.3, -0.25) is 9.59 Å². The summed E-state index contributed by atoms with van der Waals surface area (Å²) in [5.74, 6) is 0.212. The average Bonchev–Trinajstić information content (AvgIpc) is 3.52. The minimum absolute atomic E-state index is 0.0151. The first-order valence-electron chi connectivity index (χ1n) is 12.2. The Morgan fingerprint density at radius 2 is 1.72 bits per heavy atom. The van der Waals surface area contributed by atoms with Crippen molar-refractivity contribution in [2.45, 2.75) is 38.6 Å². The smallest absolute Gasteiger partial charge is 0.295 e. The number of carbonyl (C=O) groups is 2. The number of methoxy groups -OCH3 is 1. The van der Waals surface area contributed by atoms with Crippen LogP contribution in [0.4, 0.5) is 0 Å². The van der Waals surface area contributed by atoms with Gasteiger partial charge in [0.15, 0.2) is 0 Å². The second-order valence-corrected chi connectivity index (χ2v) is 8.69. The molecule has 36 heavy (non-hydrogen) atoms. The van der Waals surface area contributed by atoms with E-state index >= 15 is 0 Å². The first-order chi connectivity index (χ1) is 17.5. The predicted molar refractivity (Wildman–Crippen MR) is 136 cm³/mol. The molecule has 0 aliphatic carbocycles. The van der Waals surface area contributed by atoms with E-state index in [0.29, 0.717) is 30.1 Å². The van der Waals surface area contributed by atoms with Crippen molar-refractivity contribution in [2.75, 3.05) is 20.3 Å². The molecule has 1 unspecified atom stereocenters. The normalized spacial score (nSPS) is 16.9. The van der Waals surface area contributed by atoms with Gasteiger partial charge in [0.2, 0.25) is 0 Å². The number of Topliss-reactive ketones (excluding diaryl/α,β-unsaturated/α-hetero) is 1. The number of ketones is 1. The molecule has 1 atom stereocenters. The lowest BCUT2D eigenvalue weighted by molar-refractivity contribution is -0.140. The Labute approximate surface area is 210 Å². The van der Waals surface area contributed by atoms with E-state index in [0.717, 1.165) is 30.6 Å². The Balaban J connectivity index is 1.59. The van der Waals surface area contributed by atoms with E-state index in [1.807, 2.05) is 24.3 Å². The van der Waals surface area contributed by atoms with E-state index in [1.54, 1.807) is 43.5 Å². The molecule has 0 bridgehead atoms. The van der Waals surface area contributed by atoms with Crippen molar-refractivity contribution >= 4 is 17.4 Å². The standard InChI is InChI=1S/C29H31NO6/c1-3-4-5-18-35-23-14-10-21(11-15-23)27(31)25-26(24-7-6-19-36-24)30(29(33)28(25)32)17-16-20-8-12-22(34-2)13-9-20/h6-15,19,26,31H,3-5,16-18H2,1-2H3/b27-25-. The van der Waals surface area contributed by atoms with Crippen LogP contribution >= 0.6 is 0 Å². The summed E-state index contributed by atoms with van der Waals surface area (Å²) in [6.45, 7) is 3.04. The molecule has 1 aliphatic heterocycles. The summed E-state index contributed by atoms with van der Waals surface area (Å²) in [4.78, 5) is 27.6. The largest absolute Gasteiger partial charge is 0.507 e. The molecule has 1 aliphatic rings.